The Kier molecular flexibility index (Phi) is 6.74. The van der Waals surface area contributed by atoms with Crippen molar-refractivity contribution in [3.05, 3.63) is 0 Å². The van der Waals surface area contributed by atoms with E-state index in [0.29, 0.717) is 5.41 Å². The van der Waals surface area contributed by atoms with Crippen LogP contribution in [0.3, 0.4) is 0 Å². The molecule has 0 atom stereocenters. The summed E-state index contributed by atoms with van der Waals surface area (Å²) in [5, 5.41) is 0. The van der Waals surface area contributed by atoms with Crippen molar-refractivity contribution in [1.29, 1.82) is 0 Å². The van der Waals surface area contributed by atoms with Crippen molar-refractivity contribution in [3.63, 3.8) is 0 Å². The quantitative estimate of drug-likeness (QED) is 0.658. The minimum Gasteiger partial charge on any atom is -0.330 e. The number of nitrogens with two attached hydrogens (primary N) is 1. The molecule has 58 valence electrons. The highest BCUT2D eigenvalue weighted by molar-refractivity contribution is 5.85. The summed E-state index contributed by atoms with van der Waals surface area (Å²) >= 11 is 0. The summed E-state index contributed by atoms with van der Waals surface area (Å²) in [5.41, 5.74) is 5.86. The van der Waals surface area contributed by atoms with Gasteiger partial charge in [-0.25, -0.2) is 0 Å². The first-order valence-electron chi connectivity index (χ1n) is 3.32. The summed E-state index contributed by atoms with van der Waals surface area (Å²) in [6, 6.07) is 0. The molecule has 0 aliphatic heterocycles. The largest absolute Gasteiger partial charge is 0.330 e. The Morgan fingerprint density at radius 1 is 1.33 bits per heavy atom. The lowest BCUT2D eigenvalue weighted by Gasteiger charge is -2.20. The second-order valence-electron chi connectivity index (χ2n) is 3.12. The van der Waals surface area contributed by atoms with Gasteiger partial charge in [0.2, 0.25) is 0 Å². The van der Waals surface area contributed by atoms with Crippen molar-refractivity contribution in [2.24, 2.45) is 11.1 Å². The van der Waals surface area contributed by atoms with E-state index < -0.39 is 0 Å². The van der Waals surface area contributed by atoms with E-state index in [1.807, 2.05) is 0 Å². The zero-order chi connectivity index (χ0) is 6.62. The SMILES string of the molecule is CCCC(C)(C)CN.Cl. The van der Waals surface area contributed by atoms with Gasteiger partial charge in [-0.2, -0.15) is 0 Å². The van der Waals surface area contributed by atoms with Crippen molar-refractivity contribution in [2.45, 2.75) is 33.6 Å². The molecule has 0 rings (SSSR count). The van der Waals surface area contributed by atoms with E-state index in [0.717, 1.165) is 6.54 Å². The summed E-state index contributed by atoms with van der Waals surface area (Å²) in [4.78, 5) is 0. The Labute approximate surface area is 64.4 Å². The Hall–Kier alpha value is 0.250. The van der Waals surface area contributed by atoms with Crippen molar-refractivity contribution >= 4 is 12.4 Å². The first-order valence-corrected chi connectivity index (χ1v) is 3.32. The van der Waals surface area contributed by atoms with Gasteiger partial charge in [0.25, 0.3) is 0 Å². The van der Waals surface area contributed by atoms with Gasteiger partial charge in [0.05, 0.1) is 0 Å². The number of hydrogen-bond acceptors (Lipinski definition) is 1. The van der Waals surface area contributed by atoms with Crippen molar-refractivity contribution in [2.75, 3.05) is 6.54 Å². The third kappa shape index (κ3) is 6.13. The first kappa shape index (κ1) is 12.0. The number of hydrogen-bond donors (Lipinski definition) is 1. The third-order valence-corrected chi connectivity index (χ3v) is 1.48. The van der Waals surface area contributed by atoms with E-state index >= 15 is 0 Å². The lowest BCUT2D eigenvalue weighted by molar-refractivity contribution is 0.343. The standard InChI is InChI=1S/C7H17N.ClH/c1-4-5-7(2,3)6-8;/h4-6,8H2,1-3H3;1H. The smallest absolute Gasteiger partial charge is 0.00258 e. The number of halogens is 1. The summed E-state index contributed by atoms with van der Waals surface area (Å²) in [6.45, 7) is 7.41. The molecule has 0 fully saturated rings. The van der Waals surface area contributed by atoms with E-state index in [-0.39, 0.29) is 12.4 Å². The van der Waals surface area contributed by atoms with Gasteiger partial charge in [-0.05, 0) is 18.4 Å². The van der Waals surface area contributed by atoms with Crippen LogP contribution in [0.2, 0.25) is 0 Å². The molecule has 0 spiro atoms. The molecular formula is C7H18ClN. The normalized spacial score (nSPS) is 10.7. The van der Waals surface area contributed by atoms with Gasteiger partial charge in [0.15, 0.2) is 0 Å². The molecule has 0 unspecified atom stereocenters. The molecule has 2 heteroatoms. The molecule has 0 aliphatic carbocycles. The van der Waals surface area contributed by atoms with E-state index in [1.54, 1.807) is 0 Å². The Balaban J connectivity index is 0. The molecule has 0 saturated carbocycles. The molecule has 0 radical (unpaired) electrons. The Morgan fingerprint density at radius 2 is 1.78 bits per heavy atom. The predicted octanol–water partition coefficient (Wildman–Crippen LogP) is 2.19. The van der Waals surface area contributed by atoms with Crippen LogP contribution in [0.1, 0.15) is 33.6 Å². The van der Waals surface area contributed by atoms with Crippen LogP contribution < -0.4 is 5.73 Å². The van der Waals surface area contributed by atoms with Gasteiger partial charge in [-0.15, -0.1) is 12.4 Å². The van der Waals surface area contributed by atoms with Crippen LogP contribution >= 0.6 is 12.4 Å². The molecule has 0 saturated heterocycles. The summed E-state index contributed by atoms with van der Waals surface area (Å²) in [6.07, 6.45) is 2.48. The maximum Gasteiger partial charge on any atom is -0.00258 e. The zero-order valence-electron chi connectivity index (χ0n) is 6.61. The Morgan fingerprint density at radius 3 is 1.89 bits per heavy atom. The molecule has 2 N–H and O–H groups in total. The highest BCUT2D eigenvalue weighted by Crippen LogP contribution is 2.19. The van der Waals surface area contributed by atoms with E-state index in [1.165, 1.54) is 12.8 Å². The molecule has 9 heavy (non-hydrogen) atoms. The fourth-order valence-corrected chi connectivity index (χ4v) is 0.779. The van der Waals surface area contributed by atoms with Gasteiger partial charge in [-0.3, -0.25) is 0 Å². The predicted molar refractivity (Wildman–Crippen MR) is 45.0 cm³/mol. The molecule has 1 nitrogen and oxygen atoms in total. The minimum atomic E-state index is 0. The first-order chi connectivity index (χ1) is 3.62. The highest BCUT2D eigenvalue weighted by Gasteiger charge is 2.12. The van der Waals surface area contributed by atoms with Crippen LogP contribution in [0, 0.1) is 5.41 Å². The summed E-state index contributed by atoms with van der Waals surface area (Å²) in [7, 11) is 0. The molecule has 0 aromatic carbocycles. The second-order valence-corrected chi connectivity index (χ2v) is 3.12. The average molecular weight is 152 g/mol. The van der Waals surface area contributed by atoms with Gasteiger partial charge in [0.1, 0.15) is 0 Å². The molecule has 0 heterocycles. The fraction of sp³-hybridized carbons (Fsp3) is 1.00. The molecular weight excluding hydrogens is 134 g/mol. The van der Waals surface area contributed by atoms with Gasteiger partial charge in [0, 0.05) is 0 Å². The van der Waals surface area contributed by atoms with Crippen LogP contribution in [0.5, 0.6) is 0 Å². The number of rotatable bonds is 3. The average Bonchev–Trinajstić information content (AvgIpc) is 1.67. The Bertz CT molecular complexity index is 61.9. The van der Waals surface area contributed by atoms with E-state index in [2.05, 4.69) is 20.8 Å². The van der Waals surface area contributed by atoms with Crippen molar-refractivity contribution in [3.8, 4) is 0 Å². The van der Waals surface area contributed by atoms with Crippen molar-refractivity contribution < 1.29 is 0 Å². The summed E-state index contributed by atoms with van der Waals surface area (Å²) < 4.78 is 0. The van der Waals surface area contributed by atoms with Gasteiger partial charge < -0.3 is 5.73 Å². The fourth-order valence-electron chi connectivity index (χ4n) is 0.779. The van der Waals surface area contributed by atoms with Gasteiger partial charge >= 0.3 is 0 Å². The second kappa shape index (κ2) is 5.07. The maximum atomic E-state index is 5.49. The lowest BCUT2D eigenvalue weighted by Crippen LogP contribution is -2.22. The van der Waals surface area contributed by atoms with E-state index in [9.17, 15) is 0 Å². The minimum absolute atomic E-state index is 0. The maximum absolute atomic E-state index is 5.49. The van der Waals surface area contributed by atoms with Crippen LogP contribution in [0.15, 0.2) is 0 Å². The zero-order valence-corrected chi connectivity index (χ0v) is 7.42. The third-order valence-electron chi connectivity index (χ3n) is 1.48. The summed E-state index contributed by atoms with van der Waals surface area (Å²) in [5.74, 6) is 0. The van der Waals surface area contributed by atoms with Crippen LogP contribution in [0.4, 0.5) is 0 Å². The van der Waals surface area contributed by atoms with E-state index in [4.69, 9.17) is 5.73 Å². The van der Waals surface area contributed by atoms with Crippen molar-refractivity contribution in [1.82, 2.24) is 0 Å². The molecule has 0 aliphatic rings. The highest BCUT2D eigenvalue weighted by atomic mass is 35.5. The van der Waals surface area contributed by atoms with Crippen LogP contribution in [-0.4, -0.2) is 6.54 Å². The van der Waals surface area contributed by atoms with Crippen LogP contribution in [0.25, 0.3) is 0 Å². The molecule has 0 aromatic rings. The molecule has 0 bridgehead atoms. The topological polar surface area (TPSA) is 26.0 Å². The molecule has 0 amide bonds. The van der Waals surface area contributed by atoms with Crippen LogP contribution in [-0.2, 0) is 0 Å². The lowest BCUT2D eigenvalue weighted by atomic mass is 9.89. The molecule has 0 aromatic heterocycles. The monoisotopic (exact) mass is 151 g/mol. The van der Waals surface area contributed by atoms with Gasteiger partial charge in [-0.1, -0.05) is 27.2 Å².